The van der Waals surface area contributed by atoms with Crippen LogP contribution in [0.25, 0.3) is 0 Å². The number of ketones is 1. The summed E-state index contributed by atoms with van der Waals surface area (Å²) in [7, 11) is 0. The van der Waals surface area contributed by atoms with Crippen molar-refractivity contribution < 1.29 is 14.3 Å². The number of carbonyl (C=O) groups excluding carboxylic acids is 1. The second-order valence-corrected chi connectivity index (χ2v) is 4.33. The summed E-state index contributed by atoms with van der Waals surface area (Å²) in [6.07, 6.45) is 5.21. The second kappa shape index (κ2) is 6.23. The minimum atomic E-state index is -0.426. The Morgan fingerprint density at radius 3 is 2.40 bits per heavy atom. The average molecular weight is 214 g/mol. The predicted octanol–water partition coefficient (Wildman–Crippen LogP) is 2.68. The van der Waals surface area contributed by atoms with Crippen molar-refractivity contribution in [2.45, 2.75) is 58.2 Å². The third-order valence-electron chi connectivity index (χ3n) is 2.79. The molecule has 0 spiro atoms. The van der Waals surface area contributed by atoms with E-state index < -0.39 is 5.79 Å². The van der Waals surface area contributed by atoms with E-state index in [-0.39, 0.29) is 0 Å². The van der Waals surface area contributed by atoms with Gasteiger partial charge < -0.3 is 9.47 Å². The molecule has 1 rings (SSSR count). The third kappa shape index (κ3) is 4.76. The monoisotopic (exact) mass is 214 g/mol. The Kier molecular flexibility index (Phi) is 5.26. The first-order valence-corrected chi connectivity index (χ1v) is 5.96. The molecule has 1 fully saturated rings. The summed E-state index contributed by atoms with van der Waals surface area (Å²) < 4.78 is 10.9. The molecule has 3 nitrogen and oxygen atoms in total. The van der Waals surface area contributed by atoms with Gasteiger partial charge in [0.2, 0.25) is 0 Å². The van der Waals surface area contributed by atoms with Crippen LogP contribution in [0.3, 0.4) is 0 Å². The lowest BCUT2D eigenvalue weighted by Gasteiger charge is -2.21. The number of carbonyl (C=O) groups is 1. The standard InChI is InChI=1S/C12H22O3/c1-3-4-6-11(13)7-5-8-12(2)14-9-10-15-12/h3-10H2,1-2H3. The molecular formula is C12H22O3. The molecular weight excluding hydrogens is 192 g/mol. The summed E-state index contributed by atoms with van der Waals surface area (Å²) in [5.74, 6) is -0.0520. The van der Waals surface area contributed by atoms with Crippen LogP contribution in [0.15, 0.2) is 0 Å². The molecule has 0 atom stereocenters. The average Bonchev–Trinajstić information content (AvgIpc) is 2.62. The number of rotatable bonds is 7. The molecule has 0 aromatic carbocycles. The summed E-state index contributed by atoms with van der Waals surface area (Å²) in [5, 5.41) is 0. The van der Waals surface area contributed by atoms with Crippen molar-refractivity contribution in [2.75, 3.05) is 13.2 Å². The van der Waals surface area contributed by atoms with Crippen LogP contribution in [-0.4, -0.2) is 24.8 Å². The highest BCUT2D eigenvalue weighted by molar-refractivity contribution is 5.78. The van der Waals surface area contributed by atoms with Gasteiger partial charge in [-0.15, -0.1) is 0 Å². The summed E-state index contributed by atoms with van der Waals surface area (Å²) >= 11 is 0. The van der Waals surface area contributed by atoms with Gasteiger partial charge in [-0.05, 0) is 19.8 Å². The lowest BCUT2D eigenvalue weighted by molar-refractivity contribution is -0.148. The zero-order valence-corrected chi connectivity index (χ0v) is 9.88. The van der Waals surface area contributed by atoms with Crippen molar-refractivity contribution >= 4 is 5.78 Å². The van der Waals surface area contributed by atoms with Crippen LogP contribution in [0.1, 0.15) is 52.4 Å². The molecule has 0 aromatic rings. The molecule has 3 heteroatoms. The van der Waals surface area contributed by atoms with Gasteiger partial charge in [0.05, 0.1) is 13.2 Å². The highest BCUT2D eigenvalue weighted by Crippen LogP contribution is 2.24. The van der Waals surface area contributed by atoms with Gasteiger partial charge >= 0.3 is 0 Å². The highest BCUT2D eigenvalue weighted by atomic mass is 16.7. The Morgan fingerprint density at radius 1 is 1.20 bits per heavy atom. The van der Waals surface area contributed by atoms with E-state index in [2.05, 4.69) is 6.92 Å². The topological polar surface area (TPSA) is 35.5 Å². The summed E-state index contributed by atoms with van der Waals surface area (Å²) in [5.41, 5.74) is 0. The fraction of sp³-hybridized carbons (Fsp3) is 0.917. The molecule has 0 amide bonds. The molecule has 0 radical (unpaired) electrons. The maximum atomic E-state index is 11.4. The van der Waals surface area contributed by atoms with Crippen molar-refractivity contribution in [2.24, 2.45) is 0 Å². The van der Waals surface area contributed by atoms with E-state index in [1.54, 1.807) is 0 Å². The van der Waals surface area contributed by atoms with Gasteiger partial charge in [0.25, 0.3) is 0 Å². The lowest BCUT2D eigenvalue weighted by Crippen LogP contribution is -2.25. The fourth-order valence-corrected chi connectivity index (χ4v) is 1.81. The number of ether oxygens (including phenoxy) is 2. The van der Waals surface area contributed by atoms with Crippen molar-refractivity contribution in [3.05, 3.63) is 0 Å². The van der Waals surface area contributed by atoms with Gasteiger partial charge in [0.15, 0.2) is 5.79 Å². The zero-order valence-electron chi connectivity index (χ0n) is 9.88. The van der Waals surface area contributed by atoms with Gasteiger partial charge in [-0.25, -0.2) is 0 Å². The minimum Gasteiger partial charge on any atom is -0.348 e. The normalized spacial score (nSPS) is 19.3. The molecule has 1 aliphatic rings. The van der Waals surface area contributed by atoms with E-state index in [0.717, 1.165) is 32.1 Å². The van der Waals surface area contributed by atoms with E-state index in [4.69, 9.17) is 9.47 Å². The molecule has 0 N–H and O–H groups in total. The Labute approximate surface area is 92.1 Å². The Balaban J connectivity index is 2.07. The van der Waals surface area contributed by atoms with Gasteiger partial charge in [-0.1, -0.05) is 13.3 Å². The van der Waals surface area contributed by atoms with Gasteiger partial charge in [0.1, 0.15) is 5.78 Å². The molecule has 1 heterocycles. The molecule has 0 bridgehead atoms. The highest BCUT2D eigenvalue weighted by Gasteiger charge is 2.30. The largest absolute Gasteiger partial charge is 0.348 e. The molecule has 1 aliphatic heterocycles. The maximum Gasteiger partial charge on any atom is 0.165 e. The van der Waals surface area contributed by atoms with Crippen LogP contribution in [0.5, 0.6) is 0 Å². The van der Waals surface area contributed by atoms with Crippen LogP contribution in [0.2, 0.25) is 0 Å². The van der Waals surface area contributed by atoms with E-state index in [1.165, 1.54) is 0 Å². The van der Waals surface area contributed by atoms with E-state index in [9.17, 15) is 4.79 Å². The number of hydrogen-bond donors (Lipinski definition) is 0. The number of Topliss-reactive ketones (excluding diaryl/α,β-unsaturated/α-hetero) is 1. The first-order valence-electron chi connectivity index (χ1n) is 5.96. The van der Waals surface area contributed by atoms with Crippen LogP contribution < -0.4 is 0 Å². The van der Waals surface area contributed by atoms with Crippen LogP contribution >= 0.6 is 0 Å². The second-order valence-electron chi connectivity index (χ2n) is 4.33. The fourth-order valence-electron chi connectivity index (χ4n) is 1.81. The zero-order chi connectivity index (χ0) is 11.1. The van der Waals surface area contributed by atoms with E-state index in [1.807, 2.05) is 6.92 Å². The molecule has 1 saturated heterocycles. The third-order valence-corrected chi connectivity index (χ3v) is 2.79. The van der Waals surface area contributed by atoms with Crippen molar-refractivity contribution in [1.29, 1.82) is 0 Å². The molecule has 0 saturated carbocycles. The summed E-state index contributed by atoms with van der Waals surface area (Å²) in [6, 6.07) is 0. The molecule has 0 aliphatic carbocycles. The Bertz CT molecular complexity index is 195. The van der Waals surface area contributed by atoms with Crippen molar-refractivity contribution in [3.63, 3.8) is 0 Å². The maximum absolute atomic E-state index is 11.4. The quantitative estimate of drug-likeness (QED) is 0.653. The molecule has 0 aromatic heterocycles. The Morgan fingerprint density at radius 2 is 1.80 bits per heavy atom. The molecule has 0 unspecified atom stereocenters. The summed E-state index contributed by atoms with van der Waals surface area (Å²) in [4.78, 5) is 11.4. The van der Waals surface area contributed by atoms with Gasteiger partial charge in [0, 0.05) is 19.3 Å². The number of hydrogen-bond acceptors (Lipinski definition) is 3. The smallest absolute Gasteiger partial charge is 0.165 e. The molecule has 15 heavy (non-hydrogen) atoms. The van der Waals surface area contributed by atoms with Crippen LogP contribution in [0.4, 0.5) is 0 Å². The van der Waals surface area contributed by atoms with E-state index in [0.29, 0.717) is 25.4 Å². The Hall–Kier alpha value is -0.410. The van der Waals surface area contributed by atoms with Crippen molar-refractivity contribution in [1.82, 2.24) is 0 Å². The number of unbranched alkanes of at least 4 members (excludes halogenated alkanes) is 1. The van der Waals surface area contributed by atoms with Crippen LogP contribution in [0, 0.1) is 0 Å². The van der Waals surface area contributed by atoms with Gasteiger partial charge in [-0.3, -0.25) is 4.79 Å². The van der Waals surface area contributed by atoms with Gasteiger partial charge in [-0.2, -0.15) is 0 Å². The first-order chi connectivity index (χ1) is 7.16. The minimum absolute atomic E-state index is 0.374. The first kappa shape index (κ1) is 12.7. The lowest BCUT2D eigenvalue weighted by atomic mass is 10.0. The van der Waals surface area contributed by atoms with Crippen molar-refractivity contribution in [3.8, 4) is 0 Å². The van der Waals surface area contributed by atoms with E-state index >= 15 is 0 Å². The summed E-state index contributed by atoms with van der Waals surface area (Å²) in [6.45, 7) is 5.42. The predicted molar refractivity (Wildman–Crippen MR) is 58.7 cm³/mol. The molecule has 88 valence electrons. The van der Waals surface area contributed by atoms with Crippen LogP contribution in [-0.2, 0) is 14.3 Å². The SMILES string of the molecule is CCCCC(=O)CCCC1(C)OCCO1.